The second-order valence-corrected chi connectivity index (χ2v) is 6.87. The van der Waals surface area contributed by atoms with Gasteiger partial charge in [-0.3, -0.25) is 4.79 Å². The van der Waals surface area contributed by atoms with E-state index in [-0.39, 0.29) is 10.8 Å². The van der Waals surface area contributed by atoms with Gasteiger partial charge in [-0.1, -0.05) is 34.3 Å². The van der Waals surface area contributed by atoms with Crippen LogP contribution in [0.25, 0.3) is 0 Å². The smallest absolute Gasteiger partial charge is 0.144 e. The Balaban J connectivity index is 2.84. The van der Waals surface area contributed by atoms with Crippen LogP contribution in [0.5, 0.6) is 0 Å². The Bertz CT molecular complexity index is 326. The van der Waals surface area contributed by atoms with Gasteiger partial charge >= 0.3 is 0 Å². The molecule has 0 amide bonds. The zero-order chi connectivity index (χ0) is 13.4. The molecule has 2 heteroatoms. The van der Waals surface area contributed by atoms with E-state index in [1.54, 1.807) is 0 Å². The van der Waals surface area contributed by atoms with Gasteiger partial charge in [-0.2, -0.15) is 0 Å². The van der Waals surface area contributed by atoms with Crippen molar-refractivity contribution in [1.82, 2.24) is 4.90 Å². The standard InChI is InChI=1S/C15H27NO/c1-11(2)16-9-8-15(7,10-12(16)3)13(17)14(4,5)6/h12H,1,8-10H2,2-7H3. The Morgan fingerprint density at radius 1 is 1.41 bits per heavy atom. The van der Waals surface area contributed by atoms with E-state index in [2.05, 4.69) is 25.3 Å². The average molecular weight is 237 g/mol. The van der Waals surface area contributed by atoms with Crippen molar-refractivity contribution in [2.75, 3.05) is 6.54 Å². The van der Waals surface area contributed by atoms with Crippen molar-refractivity contribution >= 4 is 5.78 Å². The second-order valence-electron chi connectivity index (χ2n) is 6.87. The third kappa shape index (κ3) is 2.91. The number of ketones is 1. The van der Waals surface area contributed by atoms with E-state index in [9.17, 15) is 4.79 Å². The topological polar surface area (TPSA) is 20.3 Å². The Labute approximate surface area is 106 Å². The number of allylic oxidation sites excluding steroid dienone is 1. The van der Waals surface area contributed by atoms with Crippen LogP contribution in [-0.2, 0) is 4.79 Å². The van der Waals surface area contributed by atoms with Crippen molar-refractivity contribution in [2.45, 2.75) is 60.4 Å². The normalized spacial score (nSPS) is 30.2. The molecule has 0 radical (unpaired) electrons. The number of hydrogen-bond donors (Lipinski definition) is 0. The summed E-state index contributed by atoms with van der Waals surface area (Å²) in [5.41, 5.74) is 0.714. The van der Waals surface area contributed by atoms with Crippen LogP contribution in [0.15, 0.2) is 12.3 Å². The molecule has 2 unspecified atom stereocenters. The van der Waals surface area contributed by atoms with Crippen LogP contribution in [0, 0.1) is 10.8 Å². The Morgan fingerprint density at radius 3 is 2.29 bits per heavy atom. The molecule has 0 aromatic rings. The van der Waals surface area contributed by atoms with Gasteiger partial charge in [0.05, 0.1) is 0 Å². The van der Waals surface area contributed by atoms with Gasteiger partial charge in [0.15, 0.2) is 0 Å². The predicted octanol–water partition coefficient (Wildman–Crippen LogP) is 3.63. The highest BCUT2D eigenvalue weighted by Crippen LogP contribution is 2.41. The van der Waals surface area contributed by atoms with Crippen molar-refractivity contribution in [2.24, 2.45) is 10.8 Å². The van der Waals surface area contributed by atoms with Crippen molar-refractivity contribution in [1.29, 1.82) is 0 Å². The van der Waals surface area contributed by atoms with Crippen LogP contribution >= 0.6 is 0 Å². The molecule has 2 nitrogen and oxygen atoms in total. The van der Waals surface area contributed by atoms with Crippen LogP contribution in [0.2, 0.25) is 0 Å². The van der Waals surface area contributed by atoms with Crippen LogP contribution in [-0.4, -0.2) is 23.3 Å². The Morgan fingerprint density at radius 2 is 1.94 bits per heavy atom. The second kappa shape index (κ2) is 4.47. The number of hydrogen-bond acceptors (Lipinski definition) is 2. The molecule has 17 heavy (non-hydrogen) atoms. The van der Waals surface area contributed by atoms with Crippen molar-refractivity contribution < 1.29 is 4.79 Å². The zero-order valence-corrected chi connectivity index (χ0v) is 12.3. The van der Waals surface area contributed by atoms with E-state index >= 15 is 0 Å². The lowest BCUT2D eigenvalue weighted by Crippen LogP contribution is -2.49. The summed E-state index contributed by atoms with van der Waals surface area (Å²) in [6.45, 7) is 17.4. The first-order chi connectivity index (χ1) is 7.58. The van der Waals surface area contributed by atoms with Gasteiger partial charge in [-0.15, -0.1) is 0 Å². The summed E-state index contributed by atoms with van der Waals surface area (Å²) in [5.74, 6) is 0.401. The molecule has 0 spiro atoms. The van der Waals surface area contributed by atoms with E-state index in [1.165, 1.54) is 0 Å². The fourth-order valence-corrected chi connectivity index (χ4v) is 3.13. The molecule has 0 saturated carbocycles. The third-order valence-corrected chi connectivity index (χ3v) is 3.90. The fourth-order valence-electron chi connectivity index (χ4n) is 3.13. The fraction of sp³-hybridized carbons (Fsp3) is 0.800. The quantitative estimate of drug-likeness (QED) is 0.731. The first-order valence-electron chi connectivity index (χ1n) is 6.55. The number of piperidine rings is 1. The molecule has 0 aromatic heterocycles. The van der Waals surface area contributed by atoms with E-state index < -0.39 is 0 Å². The number of carbonyl (C=O) groups excluding carboxylic acids is 1. The number of Topliss-reactive ketones (excluding diaryl/α,β-unsaturated/α-hetero) is 1. The number of nitrogens with zero attached hydrogens (tertiary/aromatic N) is 1. The molecular formula is C15H27NO. The maximum atomic E-state index is 12.5. The first kappa shape index (κ1) is 14.3. The monoisotopic (exact) mass is 237 g/mol. The molecule has 1 rings (SSSR count). The number of carbonyl (C=O) groups is 1. The Kier molecular flexibility index (Phi) is 3.75. The first-order valence-corrected chi connectivity index (χ1v) is 6.55. The summed E-state index contributed by atoms with van der Waals surface area (Å²) in [5, 5.41) is 0. The minimum absolute atomic E-state index is 0.163. The zero-order valence-electron chi connectivity index (χ0n) is 12.3. The minimum Gasteiger partial charge on any atom is -0.373 e. The van der Waals surface area contributed by atoms with Crippen molar-refractivity contribution in [3.63, 3.8) is 0 Å². The summed E-state index contributed by atoms with van der Waals surface area (Å²) in [7, 11) is 0. The number of likely N-dealkylation sites (tertiary alicyclic amines) is 1. The summed E-state index contributed by atoms with van der Waals surface area (Å²) in [6, 6.07) is 0.414. The van der Waals surface area contributed by atoms with E-state index in [1.807, 2.05) is 27.7 Å². The lowest BCUT2D eigenvalue weighted by Gasteiger charge is -2.46. The maximum Gasteiger partial charge on any atom is 0.144 e. The van der Waals surface area contributed by atoms with Gasteiger partial charge < -0.3 is 4.90 Å². The molecule has 0 bridgehead atoms. The molecule has 1 fully saturated rings. The SMILES string of the molecule is C=C(C)N1CCC(C)(C(=O)C(C)(C)C)CC1C. The van der Waals surface area contributed by atoms with Gasteiger partial charge in [0.2, 0.25) is 0 Å². The molecule has 1 heterocycles. The highest BCUT2D eigenvalue weighted by atomic mass is 16.1. The van der Waals surface area contributed by atoms with E-state index in [0.29, 0.717) is 11.8 Å². The molecule has 1 aliphatic heterocycles. The number of rotatable bonds is 2. The molecule has 0 aliphatic carbocycles. The highest BCUT2D eigenvalue weighted by molar-refractivity contribution is 5.89. The van der Waals surface area contributed by atoms with Gasteiger partial charge in [-0.25, -0.2) is 0 Å². The van der Waals surface area contributed by atoms with Gasteiger partial charge in [0, 0.05) is 29.1 Å². The van der Waals surface area contributed by atoms with Gasteiger partial charge in [0.25, 0.3) is 0 Å². The highest BCUT2D eigenvalue weighted by Gasteiger charge is 2.43. The maximum absolute atomic E-state index is 12.5. The molecule has 1 saturated heterocycles. The van der Waals surface area contributed by atoms with Gasteiger partial charge in [0.1, 0.15) is 5.78 Å². The van der Waals surface area contributed by atoms with Crippen molar-refractivity contribution in [3.05, 3.63) is 12.3 Å². The summed E-state index contributed by atoms with van der Waals surface area (Å²) in [4.78, 5) is 14.8. The predicted molar refractivity (Wildman–Crippen MR) is 72.8 cm³/mol. The van der Waals surface area contributed by atoms with Crippen LogP contribution < -0.4 is 0 Å². The van der Waals surface area contributed by atoms with E-state index in [4.69, 9.17) is 0 Å². The molecule has 0 N–H and O–H groups in total. The third-order valence-electron chi connectivity index (χ3n) is 3.90. The minimum atomic E-state index is -0.236. The molecule has 1 aliphatic rings. The lowest BCUT2D eigenvalue weighted by molar-refractivity contribution is -0.139. The Hall–Kier alpha value is -0.790. The molecule has 0 aromatic carbocycles. The average Bonchev–Trinajstić information content (AvgIpc) is 2.14. The molecule has 2 atom stereocenters. The van der Waals surface area contributed by atoms with Crippen LogP contribution in [0.3, 0.4) is 0 Å². The van der Waals surface area contributed by atoms with Crippen LogP contribution in [0.4, 0.5) is 0 Å². The lowest BCUT2D eigenvalue weighted by atomic mass is 9.67. The van der Waals surface area contributed by atoms with Crippen LogP contribution in [0.1, 0.15) is 54.4 Å². The van der Waals surface area contributed by atoms with Crippen molar-refractivity contribution in [3.8, 4) is 0 Å². The van der Waals surface area contributed by atoms with Gasteiger partial charge in [-0.05, 0) is 26.7 Å². The van der Waals surface area contributed by atoms with E-state index in [0.717, 1.165) is 25.1 Å². The summed E-state index contributed by atoms with van der Waals surface area (Å²) in [6.07, 6.45) is 1.89. The molecular weight excluding hydrogens is 210 g/mol. The summed E-state index contributed by atoms with van der Waals surface area (Å²) >= 11 is 0. The summed E-state index contributed by atoms with van der Waals surface area (Å²) < 4.78 is 0. The molecule has 98 valence electrons. The largest absolute Gasteiger partial charge is 0.373 e.